The van der Waals surface area contributed by atoms with Gasteiger partial charge in [-0.15, -0.1) is 0 Å². The Balaban J connectivity index is 0.00000144. The highest BCUT2D eigenvalue weighted by molar-refractivity contribution is 5.84. The predicted molar refractivity (Wildman–Crippen MR) is 51.9 cm³/mol. The first-order valence-corrected chi connectivity index (χ1v) is 4.49. The van der Waals surface area contributed by atoms with Crippen molar-refractivity contribution in [3.05, 3.63) is 0 Å². The molecule has 0 saturated heterocycles. The van der Waals surface area contributed by atoms with Gasteiger partial charge in [0.05, 0.1) is 0 Å². The number of nitrogens with one attached hydrogen (secondary N) is 1. The molecule has 1 unspecified atom stereocenters. The van der Waals surface area contributed by atoms with Gasteiger partial charge in [-0.3, -0.25) is 5.48 Å². The largest absolute Gasteiger partial charge is 0.250 e. The highest BCUT2D eigenvalue weighted by Crippen LogP contribution is 2.26. The third-order valence-electron chi connectivity index (χ3n) is 2.32. The molecule has 1 rings (SSSR count). The first-order chi connectivity index (χ1) is 5.46. The van der Waals surface area contributed by atoms with Crippen molar-refractivity contribution in [1.82, 2.24) is 5.48 Å². The lowest BCUT2D eigenvalue weighted by atomic mass is 10.0. The van der Waals surface area contributed by atoms with Crippen LogP contribution in [-0.4, -0.2) is 11.6 Å². The monoisotopic (exact) mass is 172 g/mol. The second-order valence-electron chi connectivity index (χ2n) is 4.07. The molecule has 0 fully saturated rings. The van der Waals surface area contributed by atoms with Gasteiger partial charge in [0.25, 0.3) is 0 Å². The summed E-state index contributed by atoms with van der Waals surface area (Å²) in [7, 11) is 0. The fraction of sp³-hybridized carbons (Fsp3) is 0.889. The quantitative estimate of drug-likeness (QED) is 0.692. The highest BCUT2D eigenvalue weighted by atomic mass is 16.7. The molecule has 1 N–H and O–H groups in total. The summed E-state index contributed by atoms with van der Waals surface area (Å²) in [5.74, 6) is 1.75. The van der Waals surface area contributed by atoms with Gasteiger partial charge in [-0.2, -0.15) is 0 Å². The topological polar surface area (TPSA) is 33.6 Å². The SMILES string of the molecule is CC(C)C1=NC(C)(C(C)C)ON1.[HH]. The molecule has 1 aliphatic heterocycles. The molecule has 1 heterocycles. The first kappa shape index (κ1) is 9.52. The molecule has 0 aromatic heterocycles. The number of hydrogen-bond donors (Lipinski definition) is 1. The molecule has 1 aliphatic rings. The maximum Gasteiger partial charge on any atom is 0.186 e. The minimum atomic E-state index is -0.375. The van der Waals surface area contributed by atoms with Gasteiger partial charge in [0.15, 0.2) is 5.72 Å². The summed E-state index contributed by atoms with van der Waals surface area (Å²) in [6.45, 7) is 10.4. The van der Waals surface area contributed by atoms with Gasteiger partial charge < -0.3 is 0 Å². The molecule has 72 valence electrons. The maximum atomic E-state index is 5.42. The minimum Gasteiger partial charge on any atom is -0.250 e. The number of amidine groups is 1. The van der Waals surface area contributed by atoms with Crippen LogP contribution in [0.2, 0.25) is 0 Å². The average Bonchev–Trinajstić information content (AvgIpc) is 2.33. The van der Waals surface area contributed by atoms with E-state index in [0.717, 1.165) is 5.84 Å². The van der Waals surface area contributed by atoms with Gasteiger partial charge >= 0.3 is 0 Å². The lowest BCUT2D eigenvalue weighted by Gasteiger charge is -2.22. The van der Waals surface area contributed by atoms with E-state index < -0.39 is 0 Å². The van der Waals surface area contributed by atoms with Crippen molar-refractivity contribution in [3.8, 4) is 0 Å². The molecule has 3 nitrogen and oxygen atoms in total. The van der Waals surface area contributed by atoms with Crippen molar-refractivity contribution in [2.75, 3.05) is 0 Å². The average molecular weight is 172 g/mol. The summed E-state index contributed by atoms with van der Waals surface area (Å²) in [5.41, 5.74) is 2.50. The van der Waals surface area contributed by atoms with Crippen molar-refractivity contribution in [2.24, 2.45) is 16.8 Å². The molecular formula is C9H20N2O. The number of hydrogen-bond acceptors (Lipinski definition) is 3. The number of rotatable bonds is 2. The number of aliphatic imine (C=N–C) groups is 1. The zero-order valence-corrected chi connectivity index (χ0v) is 8.51. The standard InChI is InChI=1S/C9H18N2O.H2/c1-6(2)8-10-9(5,7(3)4)12-11-8;/h6-7H,1-5H3,(H,10,11);1H. The van der Waals surface area contributed by atoms with Crippen LogP contribution in [0.1, 0.15) is 36.0 Å². The van der Waals surface area contributed by atoms with Crippen LogP contribution in [0.15, 0.2) is 4.99 Å². The molecule has 0 aromatic carbocycles. The molecule has 0 saturated carbocycles. The van der Waals surface area contributed by atoms with E-state index in [1.807, 2.05) is 6.92 Å². The second kappa shape index (κ2) is 3.05. The Morgan fingerprint density at radius 2 is 2.00 bits per heavy atom. The van der Waals surface area contributed by atoms with Crippen molar-refractivity contribution in [1.29, 1.82) is 0 Å². The predicted octanol–water partition coefficient (Wildman–Crippen LogP) is 2.19. The van der Waals surface area contributed by atoms with Gasteiger partial charge in [0.2, 0.25) is 0 Å². The summed E-state index contributed by atoms with van der Waals surface area (Å²) in [5, 5.41) is 0. The van der Waals surface area contributed by atoms with E-state index in [1.54, 1.807) is 0 Å². The first-order valence-electron chi connectivity index (χ1n) is 4.49. The third-order valence-corrected chi connectivity index (χ3v) is 2.32. The lowest BCUT2D eigenvalue weighted by Crippen LogP contribution is -2.32. The van der Waals surface area contributed by atoms with E-state index in [4.69, 9.17) is 4.84 Å². The Labute approximate surface area is 75.7 Å². The molecule has 3 heteroatoms. The van der Waals surface area contributed by atoms with Crippen LogP contribution in [0.25, 0.3) is 0 Å². The van der Waals surface area contributed by atoms with Crippen LogP contribution in [-0.2, 0) is 4.84 Å². The van der Waals surface area contributed by atoms with E-state index in [1.165, 1.54) is 0 Å². The van der Waals surface area contributed by atoms with Crippen molar-refractivity contribution >= 4 is 5.84 Å². The zero-order chi connectivity index (χ0) is 9.35. The van der Waals surface area contributed by atoms with E-state index in [9.17, 15) is 0 Å². The molecule has 0 radical (unpaired) electrons. The zero-order valence-electron chi connectivity index (χ0n) is 8.51. The van der Waals surface area contributed by atoms with Crippen molar-refractivity contribution in [2.45, 2.75) is 40.3 Å². The molecule has 0 aliphatic carbocycles. The fourth-order valence-corrected chi connectivity index (χ4v) is 0.934. The van der Waals surface area contributed by atoms with Crippen molar-refractivity contribution in [3.63, 3.8) is 0 Å². The van der Waals surface area contributed by atoms with Crippen LogP contribution < -0.4 is 5.48 Å². The van der Waals surface area contributed by atoms with Gasteiger partial charge in [-0.1, -0.05) is 27.7 Å². The van der Waals surface area contributed by atoms with Crippen LogP contribution in [0.4, 0.5) is 0 Å². The molecule has 0 aromatic rings. The second-order valence-corrected chi connectivity index (χ2v) is 4.07. The number of nitrogens with zero attached hydrogens (tertiary/aromatic N) is 1. The summed E-state index contributed by atoms with van der Waals surface area (Å²) >= 11 is 0. The van der Waals surface area contributed by atoms with Crippen LogP contribution in [0.3, 0.4) is 0 Å². The van der Waals surface area contributed by atoms with E-state index >= 15 is 0 Å². The van der Waals surface area contributed by atoms with E-state index in [0.29, 0.717) is 11.8 Å². The smallest absolute Gasteiger partial charge is 0.186 e. The summed E-state index contributed by atoms with van der Waals surface area (Å²) in [6.07, 6.45) is 0. The van der Waals surface area contributed by atoms with E-state index in [-0.39, 0.29) is 7.15 Å². The van der Waals surface area contributed by atoms with Crippen molar-refractivity contribution < 1.29 is 6.26 Å². The lowest BCUT2D eigenvalue weighted by molar-refractivity contribution is -0.0715. The normalized spacial score (nSPS) is 29.4. The molecule has 12 heavy (non-hydrogen) atoms. The Morgan fingerprint density at radius 1 is 1.42 bits per heavy atom. The maximum absolute atomic E-state index is 5.42. The van der Waals surface area contributed by atoms with Crippen LogP contribution in [0, 0.1) is 11.8 Å². The Hall–Kier alpha value is -0.570. The van der Waals surface area contributed by atoms with Gasteiger partial charge in [-0.25, -0.2) is 9.83 Å². The summed E-state index contributed by atoms with van der Waals surface area (Å²) in [4.78, 5) is 9.92. The summed E-state index contributed by atoms with van der Waals surface area (Å²) < 4.78 is 0. The molecule has 0 bridgehead atoms. The van der Waals surface area contributed by atoms with Gasteiger partial charge in [0, 0.05) is 13.3 Å². The minimum absolute atomic E-state index is 0. The van der Waals surface area contributed by atoms with E-state index in [2.05, 4.69) is 38.2 Å². The highest BCUT2D eigenvalue weighted by Gasteiger charge is 2.35. The Bertz CT molecular complexity index is 204. The molecule has 0 spiro atoms. The van der Waals surface area contributed by atoms with Crippen LogP contribution >= 0.6 is 0 Å². The van der Waals surface area contributed by atoms with Gasteiger partial charge in [-0.05, 0) is 6.92 Å². The van der Waals surface area contributed by atoms with Gasteiger partial charge in [0.1, 0.15) is 5.84 Å². The summed E-state index contributed by atoms with van der Waals surface area (Å²) in [6, 6.07) is 0. The van der Waals surface area contributed by atoms with Crippen LogP contribution in [0.5, 0.6) is 0 Å². The molecule has 1 atom stereocenters. The number of hydroxylamine groups is 1. The Morgan fingerprint density at radius 3 is 2.25 bits per heavy atom. The fourth-order valence-electron chi connectivity index (χ4n) is 0.934. The molecular weight excluding hydrogens is 152 g/mol. The molecule has 0 amide bonds. The third kappa shape index (κ3) is 1.61. The Kier molecular flexibility index (Phi) is 2.42.